The van der Waals surface area contributed by atoms with Crippen molar-refractivity contribution in [2.75, 3.05) is 12.0 Å². The lowest BCUT2D eigenvalue weighted by atomic mass is 10.2. The minimum Gasteiger partial charge on any atom is -0.494 e. The van der Waals surface area contributed by atoms with Crippen LogP contribution >= 0.6 is 0 Å². The number of rotatable bonds is 3. The molecule has 0 saturated carbocycles. The van der Waals surface area contributed by atoms with Gasteiger partial charge in [-0.1, -0.05) is 0 Å². The molecule has 3 heteroatoms. The average Bonchev–Trinajstić information content (AvgIpc) is 2.09. The van der Waals surface area contributed by atoms with E-state index in [0.29, 0.717) is 6.61 Å². The highest BCUT2D eigenvalue weighted by molar-refractivity contribution is 5.49. The molecule has 0 saturated heterocycles. The van der Waals surface area contributed by atoms with E-state index in [1.165, 1.54) is 0 Å². The van der Waals surface area contributed by atoms with Crippen LogP contribution in [0.5, 0.6) is 5.75 Å². The largest absolute Gasteiger partial charge is 0.494 e. The van der Waals surface area contributed by atoms with Gasteiger partial charge in [-0.25, -0.2) is 0 Å². The molecule has 1 aromatic rings. The molecule has 0 aliphatic carbocycles. The SMILES string of the molecule is CCOc1ccc(NN)cc1C. The molecule has 0 aromatic heterocycles. The van der Waals surface area contributed by atoms with Gasteiger partial charge in [-0.2, -0.15) is 0 Å². The Morgan fingerprint density at radius 1 is 1.50 bits per heavy atom. The number of hydrogen-bond donors (Lipinski definition) is 2. The summed E-state index contributed by atoms with van der Waals surface area (Å²) in [6.45, 7) is 4.65. The van der Waals surface area contributed by atoms with Crippen molar-refractivity contribution in [1.82, 2.24) is 0 Å². The summed E-state index contributed by atoms with van der Waals surface area (Å²) in [5.41, 5.74) is 4.57. The molecule has 3 nitrogen and oxygen atoms in total. The molecule has 1 aromatic carbocycles. The minimum atomic E-state index is 0.691. The summed E-state index contributed by atoms with van der Waals surface area (Å²) < 4.78 is 5.37. The molecule has 0 amide bonds. The second-order valence-electron chi connectivity index (χ2n) is 2.56. The van der Waals surface area contributed by atoms with Gasteiger partial charge in [-0.05, 0) is 37.6 Å². The molecule has 0 aliphatic rings. The zero-order chi connectivity index (χ0) is 8.97. The van der Waals surface area contributed by atoms with Crippen LogP contribution in [0.3, 0.4) is 0 Å². The van der Waals surface area contributed by atoms with Crippen LogP contribution in [0.4, 0.5) is 5.69 Å². The molecular formula is C9H14N2O. The first kappa shape index (κ1) is 8.87. The average molecular weight is 166 g/mol. The highest BCUT2D eigenvalue weighted by Crippen LogP contribution is 2.20. The number of aryl methyl sites for hydroxylation is 1. The molecule has 0 radical (unpaired) electrons. The molecule has 1 rings (SSSR count). The van der Waals surface area contributed by atoms with Crippen molar-refractivity contribution in [3.05, 3.63) is 23.8 Å². The van der Waals surface area contributed by atoms with E-state index >= 15 is 0 Å². The summed E-state index contributed by atoms with van der Waals surface area (Å²) in [4.78, 5) is 0. The van der Waals surface area contributed by atoms with Crippen molar-refractivity contribution in [3.8, 4) is 5.75 Å². The number of anilines is 1. The van der Waals surface area contributed by atoms with Crippen LogP contribution in [0, 0.1) is 6.92 Å². The van der Waals surface area contributed by atoms with Crippen molar-refractivity contribution < 1.29 is 4.74 Å². The molecule has 66 valence electrons. The van der Waals surface area contributed by atoms with Gasteiger partial charge in [0.25, 0.3) is 0 Å². The number of nitrogens with two attached hydrogens (primary N) is 1. The first-order valence-corrected chi connectivity index (χ1v) is 3.98. The Hall–Kier alpha value is -1.22. The lowest BCUT2D eigenvalue weighted by Crippen LogP contribution is -2.06. The maximum Gasteiger partial charge on any atom is 0.122 e. The Bertz CT molecular complexity index is 261. The highest BCUT2D eigenvalue weighted by atomic mass is 16.5. The summed E-state index contributed by atoms with van der Waals surface area (Å²) in [6.07, 6.45) is 0. The Balaban J connectivity index is 2.87. The van der Waals surface area contributed by atoms with Crippen molar-refractivity contribution in [2.45, 2.75) is 13.8 Å². The van der Waals surface area contributed by atoms with Gasteiger partial charge in [0.15, 0.2) is 0 Å². The van der Waals surface area contributed by atoms with Crippen LogP contribution in [0.15, 0.2) is 18.2 Å². The first-order valence-electron chi connectivity index (χ1n) is 3.98. The summed E-state index contributed by atoms with van der Waals surface area (Å²) in [6, 6.07) is 5.75. The second kappa shape index (κ2) is 3.97. The molecule has 0 fully saturated rings. The number of nitrogens with one attached hydrogen (secondary N) is 1. The molecule has 0 unspecified atom stereocenters. The van der Waals surface area contributed by atoms with E-state index < -0.39 is 0 Å². The standard InChI is InChI=1S/C9H14N2O/c1-3-12-9-5-4-8(11-10)6-7(9)2/h4-6,11H,3,10H2,1-2H3. The lowest BCUT2D eigenvalue weighted by Gasteiger charge is -2.08. The first-order chi connectivity index (χ1) is 5.77. The summed E-state index contributed by atoms with van der Waals surface area (Å²) in [5, 5.41) is 0. The fourth-order valence-corrected chi connectivity index (χ4v) is 1.06. The Morgan fingerprint density at radius 3 is 2.75 bits per heavy atom. The summed E-state index contributed by atoms with van der Waals surface area (Å²) in [5.74, 6) is 6.17. The van der Waals surface area contributed by atoms with Gasteiger partial charge in [0.1, 0.15) is 5.75 Å². The van der Waals surface area contributed by atoms with E-state index in [9.17, 15) is 0 Å². The Labute approximate surface area is 72.5 Å². The predicted molar refractivity (Wildman–Crippen MR) is 50.2 cm³/mol. The van der Waals surface area contributed by atoms with Crippen molar-refractivity contribution in [2.24, 2.45) is 5.84 Å². The van der Waals surface area contributed by atoms with Gasteiger partial charge in [0.2, 0.25) is 0 Å². The van der Waals surface area contributed by atoms with Gasteiger partial charge in [-0.3, -0.25) is 5.84 Å². The number of nitrogen functional groups attached to an aromatic ring is 1. The Kier molecular flexibility index (Phi) is 2.94. The summed E-state index contributed by atoms with van der Waals surface area (Å²) in [7, 11) is 0. The van der Waals surface area contributed by atoms with Gasteiger partial charge >= 0.3 is 0 Å². The maximum absolute atomic E-state index is 5.37. The molecule has 0 spiro atoms. The van der Waals surface area contributed by atoms with Crippen LogP contribution in [0.2, 0.25) is 0 Å². The van der Waals surface area contributed by atoms with Crippen LogP contribution < -0.4 is 16.0 Å². The number of ether oxygens (including phenoxy) is 1. The predicted octanol–water partition coefficient (Wildman–Crippen LogP) is 1.68. The van der Waals surface area contributed by atoms with Crippen LogP contribution in [-0.4, -0.2) is 6.61 Å². The molecule has 3 N–H and O–H groups in total. The highest BCUT2D eigenvalue weighted by Gasteiger charge is 1.98. The van der Waals surface area contributed by atoms with Crippen molar-refractivity contribution in [1.29, 1.82) is 0 Å². The van der Waals surface area contributed by atoms with E-state index in [1.807, 2.05) is 32.0 Å². The van der Waals surface area contributed by atoms with Gasteiger partial charge in [0, 0.05) is 5.69 Å². The van der Waals surface area contributed by atoms with Crippen LogP contribution in [0.25, 0.3) is 0 Å². The third kappa shape index (κ3) is 1.89. The van der Waals surface area contributed by atoms with Crippen molar-refractivity contribution >= 4 is 5.69 Å². The maximum atomic E-state index is 5.37. The van der Waals surface area contributed by atoms with Gasteiger partial charge < -0.3 is 10.2 Å². The van der Waals surface area contributed by atoms with E-state index in [1.54, 1.807) is 0 Å². The quantitative estimate of drug-likeness (QED) is 0.530. The molecule has 0 aliphatic heterocycles. The van der Waals surface area contributed by atoms with E-state index in [2.05, 4.69) is 5.43 Å². The normalized spacial score (nSPS) is 9.58. The number of hydrazine groups is 1. The molecular weight excluding hydrogens is 152 g/mol. The third-order valence-electron chi connectivity index (χ3n) is 1.64. The monoisotopic (exact) mass is 166 g/mol. The van der Waals surface area contributed by atoms with Gasteiger partial charge in [0.05, 0.1) is 6.61 Å². The molecule has 0 heterocycles. The summed E-state index contributed by atoms with van der Waals surface area (Å²) >= 11 is 0. The van der Waals surface area contributed by atoms with E-state index in [4.69, 9.17) is 10.6 Å². The van der Waals surface area contributed by atoms with Crippen molar-refractivity contribution in [3.63, 3.8) is 0 Å². The lowest BCUT2D eigenvalue weighted by molar-refractivity contribution is 0.338. The minimum absolute atomic E-state index is 0.691. The second-order valence-corrected chi connectivity index (χ2v) is 2.56. The van der Waals surface area contributed by atoms with Crippen LogP contribution in [-0.2, 0) is 0 Å². The Morgan fingerprint density at radius 2 is 2.25 bits per heavy atom. The van der Waals surface area contributed by atoms with E-state index in [0.717, 1.165) is 17.0 Å². The number of hydrogen-bond acceptors (Lipinski definition) is 3. The van der Waals surface area contributed by atoms with E-state index in [-0.39, 0.29) is 0 Å². The number of benzene rings is 1. The van der Waals surface area contributed by atoms with Crippen LogP contribution in [0.1, 0.15) is 12.5 Å². The smallest absolute Gasteiger partial charge is 0.122 e. The topological polar surface area (TPSA) is 47.3 Å². The fourth-order valence-electron chi connectivity index (χ4n) is 1.06. The third-order valence-corrected chi connectivity index (χ3v) is 1.64. The zero-order valence-corrected chi connectivity index (χ0v) is 7.42. The zero-order valence-electron chi connectivity index (χ0n) is 7.42. The molecule has 0 bridgehead atoms. The molecule has 12 heavy (non-hydrogen) atoms. The van der Waals surface area contributed by atoms with Gasteiger partial charge in [-0.15, -0.1) is 0 Å². The molecule has 0 atom stereocenters. The fraction of sp³-hybridized carbons (Fsp3) is 0.333.